The Labute approximate surface area is 47.8 Å². The van der Waals surface area contributed by atoms with Crippen molar-refractivity contribution in [2.45, 2.75) is 0 Å². The zero-order valence-electron chi connectivity index (χ0n) is 4.55. The van der Waals surface area contributed by atoms with Gasteiger partial charge in [0, 0.05) is 7.05 Å². The van der Waals surface area contributed by atoms with Crippen molar-refractivity contribution in [2.24, 2.45) is 0 Å². The smallest absolute Gasteiger partial charge is 0.117 e. The Morgan fingerprint density at radius 3 is 3.00 bits per heavy atom. The molecule has 0 aliphatic rings. The number of nitrogens with one attached hydrogen (secondary N) is 1. The minimum absolute atomic E-state index is 0.812. The highest BCUT2D eigenvalue weighted by molar-refractivity contribution is 5.34. The van der Waals surface area contributed by atoms with E-state index in [0.717, 1.165) is 5.69 Å². The zero-order valence-corrected chi connectivity index (χ0v) is 4.55. The van der Waals surface area contributed by atoms with Crippen LogP contribution in [-0.2, 0) is 0 Å². The lowest BCUT2D eigenvalue weighted by atomic mass is 10.5. The van der Waals surface area contributed by atoms with Gasteiger partial charge in [0.25, 0.3) is 0 Å². The molecule has 0 amide bonds. The van der Waals surface area contributed by atoms with Crippen molar-refractivity contribution >= 4 is 5.69 Å². The maximum absolute atomic E-state index is 3.75. The van der Waals surface area contributed by atoms with Gasteiger partial charge in [-0.05, 0) is 0 Å². The van der Waals surface area contributed by atoms with E-state index in [0.29, 0.717) is 0 Å². The average molecular weight is 108 g/mol. The topological polar surface area (TPSA) is 37.8 Å². The minimum atomic E-state index is 0.812. The number of nitrogens with zero attached hydrogens (tertiary/aromatic N) is 2. The summed E-state index contributed by atoms with van der Waals surface area (Å²) in [6.45, 7) is 0. The van der Waals surface area contributed by atoms with Crippen molar-refractivity contribution in [1.82, 2.24) is 9.97 Å². The molecule has 0 aromatic carbocycles. The molecule has 1 aromatic heterocycles. The highest BCUT2D eigenvalue weighted by Crippen LogP contribution is 1.94. The Morgan fingerprint density at radius 2 is 2.62 bits per heavy atom. The first kappa shape index (κ1) is 5.03. The summed E-state index contributed by atoms with van der Waals surface area (Å²) in [5, 5.41) is 2.85. The van der Waals surface area contributed by atoms with Crippen molar-refractivity contribution in [3.63, 3.8) is 0 Å². The van der Waals surface area contributed by atoms with E-state index in [-0.39, 0.29) is 0 Å². The number of hydrogen-bond donors (Lipinski definition) is 1. The van der Waals surface area contributed by atoms with E-state index in [9.17, 15) is 0 Å². The first-order valence-corrected chi connectivity index (χ1v) is 2.29. The van der Waals surface area contributed by atoms with Crippen LogP contribution in [0.25, 0.3) is 0 Å². The summed E-state index contributed by atoms with van der Waals surface area (Å²) in [5.41, 5.74) is 0.812. The monoisotopic (exact) mass is 108 g/mol. The van der Waals surface area contributed by atoms with E-state index in [1.807, 2.05) is 0 Å². The lowest BCUT2D eigenvalue weighted by Gasteiger charge is -1.91. The molecular formula is C5H6N3. The lowest BCUT2D eigenvalue weighted by Crippen LogP contribution is -1.88. The molecule has 1 heterocycles. The second-order valence-corrected chi connectivity index (χ2v) is 1.30. The average Bonchev–Trinajstić information content (AvgIpc) is 1.90. The van der Waals surface area contributed by atoms with Gasteiger partial charge in [0.1, 0.15) is 12.5 Å². The fourth-order valence-corrected chi connectivity index (χ4v) is 0.389. The summed E-state index contributed by atoms with van der Waals surface area (Å²) < 4.78 is 0. The van der Waals surface area contributed by atoms with Gasteiger partial charge < -0.3 is 5.32 Å². The van der Waals surface area contributed by atoms with E-state index in [2.05, 4.69) is 21.5 Å². The van der Waals surface area contributed by atoms with Crippen LogP contribution in [0.4, 0.5) is 5.69 Å². The summed E-state index contributed by atoms with van der Waals surface area (Å²) in [4.78, 5) is 7.41. The molecule has 41 valence electrons. The molecule has 3 nitrogen and oxygen atoms in total. The third-order valence-electron chi connectivity index (χ3n) is 0.782. The van der Waals surface area contributed by atoms with Gasteiger partial charge in [0.05, 0.1) is 11.9 Å². The predicted octanol–water partition coefficient (Wildman–Crippen LogP) is 0.318. The molecule has 0 saturated heterocycles. The third kappa shape index (κ3) is 0.932. The first-order chi connectivity index (χ1) is 3.93. The van der Waals surface area contributed by atoms with Gasteiger partial charge in [-0.3, -0.25) is 0 Å². The molecule has 3 heteroatoms. The van der Waals surface area contributed by atoms with Crippen molar-refractivity contribution < 1.29 is 0 Å². The third-order valence-corrected chi connectivity index (χ3v) is 0.782. The van der Waals surface area contributed by atoms with Crippen LogP contribution in [-0.4, -0.2) is 17.0 Å². The predicted molar refractivity (Wildman–Crippen MR) is 30.4 cm³/mol. The summed E-state index contributed by atoms with van der Waals surface area (Å²) in [5.74, 6) is 0. The SMILES string of the molecule is CNc1[c]ncnc1. The van der Waals surface area contributed by atoms with E-state index in [1.54, 1.807) is 13.2 Å². The minimum Gasteiger partial charge on any atom is -0.385 e. The van der Waals surface area contributed by atoms with Crippen LogP contribution < -0.4 is 5.32 Å². The Bertz CT molecular complexity index is 149. The molecule has 0 fully saturated rings. The summed E-state index contributed by atoms with van der Waals surface area (Å²) >= 11 is 0. The second-order valence-electron chi connectivity index (χ2n) is 1.30. The Hall–Kier alpha value is -1.12. The fourth-order valence-electron chi connectivity index (χ4n) is 0.389. The number of hydrogen-bond acceptors (Lipinski definition) is 3. The van der Waals surface area contributed by atoms with Crippen LogP contribution in [0, 0.1) is 6.20 Å². The van der Waals surface area contributed by atoms with Crippen LogP contribution in [0.5, 0.6) is 0 Å². The van der Waals surface area contributed by atoms with Crippen molar-refractivity contribution in [2.75, 3.05) is 12.4 Å². The zero-order chi connectivity index (χ0) is 5.82. The molecule has 0 unspecified atom stereocenters. The van der Waals surface area contributed by atoms with E-state index >= 15 is 0 Å². The van der Waals surface area contributed by atoms with Gasteiger partial charge in [0.2, 0.25) is 0 Å². The van der Waals surface area contributed by atoms with Crippen LogP contribution >= 0.6 is 0 Å². The molecule has 0 bridgehead atoms. The van der Waals surface area contributed by atoms with Crippen LogP contribution in [0.1, 0.15) is 0 Å². The van der Waals surface area contributed by atoms with Gasteiger partial charge in [0.15, 0.2) is 0 Å². The fraction of sp³-hybridized carbons (Fsp3) is 0.200. The summed E-state index contributed by atoms with van der Waals surface area (Å²) in [6, 6.07) is 0. The molecule has 0 aliphatic carbocycles. The van der Waals surface area contributed by atoms with Crippen LogP contribution in [0.2, 0.25) is 0 Å². The normalized spacial score (nSPS) is 8.62. The molecule has 1 aromatic rings. The van der Waals surface area contributed by atoms with E-state index in [4.69, 9.17) is 0 Å². The van der Waals surface area contributed by atoms with Gasteiger partial charge in [-0.25, -0.2) is 9.97 Å². The van der Waals surface area contributed by atoms with Crippen molar-refractivity contribution in [3.05, 3.63) is 18.7 Å². The quantitative estimate of drug-likeness (QED) is 0.563. The second kappa shape index (κ2) is 2.26. The number of rotatable bonds is 1. The first-order valence-electron chi connectivity index (χ1n) is 2.29. The van der Waals surface area contributed by atoms with Crippen LogP contribution in [0.15, 0.2) is 12.5 Å². The summed E-state index contributed by atoms with van der Waals surface area (Å²) in [6.07, 6.45) is 5.80. The van der Waals surface area contributed by atoms with E-state index in [1.165, 1.54) is 6.33 Å². The van der Waals surface area contributed by atoms with Crippen LogP contribution in [0.3, 0.4) is 0 Å². The Balaban J connectivity index is 2.83. The molecule has 1 radical (unpaired) electrons. The van der Waals surface area contributed by atoms with Crippen molar-refractivity contribution in [3.8, 4) is 0 Å². The van der Waals surface area contributed by atoms with Gasteiger partial charge in [-0.15, -0.1) is 0 Å². The molecule has 1 N–H and O–H groups in total. The lowest BCUT2D eigenvalue weighted by molar-refractivity contribution is 1.15. The highest BCUT2D eigenvalue weighted by Gasteiger charge is 1.81. The number of aromatic nitrogens is 2. The largest absolute Gasteiger partial charge is 0.385 e. The Morgan fingerprint density at radius 1 is 1.75 bits per heavy atom. The van der Waals surface area contributed by atoms with Gasteiger partial charge in [-0.2, -0.15) is 0 Å². The maximum Gasteiger partial charge on any atom is 0.117 e. The molecule has 1 rings (SSSR count). The van der Waals surface area contributed by atoms with Gasteiger partial charge >= 0.3 is 0 Å². The molecule has 0 spiro atoms. The van der Waals surface area contributed by atoms with Crippen molar-refractivity contribution in [1.29, 1.82) is 0 Å². The Kier molecular flexibility index (Phi) is 1.42. The van der Waals surface area contributed by atoms with Gasteiger partial charge in [-0.1, -0.05) is 0 Å². The standard InChI is InChI=1S/C5H6N3/c1-6-5-2-7-4-8-3-5/h2,4,6H,1H3. The highest BCUT2D eigenvalue weighted by atomic mass is 14.9. The molecule has 0 atom stereocenters. The molecule has 0 aliphatic heterocycles. The summed E-state index contributed by atoms with van der Waals surface area (Å²) in [7, 11) is 1.80. The molecule has 0 saturated carbocycles. The molecular weight excluding hydrogens is 102 g/mol. The van der Waals surface area contributed by atoms with E-state index < -0.39 is 0 Å². The number of anilines is 1. The maximum atomic E-state index is 3.75. The molecule has 8 heavy (non-hydrogen) atoms.